The van der Waals surface area contributed by atoms with Gasteiger partial charge in [-0.25, -0.2) is 0 Å². The highest BCUT2D eigenvalue weighted by molar-refractivity contribution is 6.00. The van der Waals surface area contributed by atoms with Crippen molar-refractivity contribution in [2.75, 3.05) is 19.3 Å². The molecule has 0 atom stereocenters. The van der Waals surface area contributed by atoms with Crippen LogP contribution in [0.25, 0.3) is 0 Å². The molecule has 0 fully saturated rings. The molecule has 114 valence electrons. The number of nitrogens with zero attached hydrogens (tertiary/aromatic N) is 1. The van der Waals surface area contributed by atoms with Crippen LogP contribution in [0.2, 0.25) is 0 Å². The zero-order valence-corrected chi connectivity index (χ0v) is 12.1. The first kappa shape index (κ1) is 16.4. The second kappa shape index (κ2) is 6.21. The molecule has 0 aromatic heterocycles. The van der Waals surface area contributed by atoms with Crippen molar-refractivity contribution < 1.29 is 14.5 Å². The van der Waals surface area contributed by atoms with Crippen LogP contribution in [0.4, 0.5) is 11.4 Å². The number of rotatable bonds is 5. The number of amides is 2. The van der Waals surface area contributed by atoms with E-state index < -0.39 is 21.9 Å². The van der Waals surface area contributed by atoms with Crippen LogP contribution in [0.15, 0.2) is 18.2 Å². The van der Waals surface area contributed by atoms with Crippen molar-refractivity contribution in [1.29, 1.82) is 0 Å². The van der Waals surface area contributed by atoms with Gasteiger partial charge in [0.05, 0.1) is 10.3 Å². The van der Waals surface area contributed by atoms with Crippen LogP contribution < -0.4 is 16.4 Å². The van der Waals surface area contributed by atoms with Crippen molar-refractivity contribution in [2.24, 2.45) is 5.41 Å². The predicted octanol–water partition coefficient (Wildman–Crippen LogP) is 0.679. The van der Waals surface area contributed by atoms with E-state index in [1.807, 2.05) is 0 Å². The summed E-state index contributed by atoms with van der Waals surface area (Å²) in [5, 5.41) is 16.0. The highest BCUT2D eigenvalue weighted by atomic mass is 16.6. The largest absolute Gasteiger partial charge is 0.393 e. The second-order valence-corrected chi connectivity index (χ2v) is 5.15. The van der Waals surface area contributed by atoms with Gasteiger partial charge in [0.1, 0.15) is 11.3 Å². The third kappa shape index (κ3) is 3.68. The third-order valence-electron chi connectivity index (χ3n) is 3.03. The van der Waals surface area contributed by atoms with Crippen molar-refractivity contribution >= 4 is 23.2 Å². The molecule has 4 N–H and O–H groups in total. The maximum absolute atomic E-state index is 12.1. The minimum Gasteiger partial charge on any atom is -0.393 e. The molecule has 0 spiro atoms. The molecule has 8 nitrogen and oxygen atoms in total. The molecule has 0 heterocycles. The Kier molecular flexibility index (Phi) is 4.85. The lowest BCUT2D eigenvalue weighted by molar-refractivity contribution is -0.384. The summed E-state index contributed by atoms with van der Waals surface area (Å²) in [5.74, 6) is -0.893. The third-order valence-corrected chi connectivity index (χ3v) is 3.03. The second-order valence-electron chi connectivity index (χ2n) is 5.15. The number of benzene rings is 1. The first-order chi connectivity index (χ1) is 9.70. The van der Waals surface area contributed by atoms with Crippen LogP contribution in [0.1, 0.15) is 24.2 Å². The minimum absolute atomic E-state index is 0.0391. The van der Waals surface area contributed by atoms with Gasteiger partial charge in [-0.1, -0.05) is 6.07 Å². The van der Waals surface area contributed by atoms with E-state index in [-0.39, 0.29) is 23.7 Å². The molecule has 8 heteroatoms. The molecule has 0 aliphatic rings. The molecule has 1 aromatic carbocycles. The van der Waals surface area contributed by atoms with Crippen molar-refractivity contribution in [3.63, 3.8) is 0 Å². The number of nitrogen functional groups attached to an aromatic ring is 1. The Labute approximate surface area is 121 Å². The maximum Gasteiger partial charge on any atom is 0.304 e. The summed E-state index contributed by atoms with van der Waals surface area (Å²) in [6.45, 7) is 3.34. The molecule has 0 saturated heterocycles. The van der Waals surface area contributed by atoms with Gasteiger partial charge >= 0.3 is 5.69 Å². The molecule has 1 aromatic rings. The van der Waals surface area contributed by atoms with Crippen molar-refractivity contribution in [1.82, 2.24) is 10.6 Å². The predicted molar refractivity (Wildman–Crippen MR) is 77.7 cm³/mol. The van der Waals surface area contributed by atoms with Crippen LogP contribution in [-0.2, 0) is 4.79 Å². The number of nitro benzene ring substituents is 1. The van der Waals surface area contributed by atoms with Gasteiger partial charge in [-0.2, -0.15) is 0 Å². The monoisotopic (exact) mass is 294 g/mol. The average Bonchev–Trinajstić information content (AvgIpc) is 2.43. The number of hydrogen-bond donors (Lipinski definition) is 3. The molecule has 0 saturated carbocycles. The van der Waals surface area contributed by atoms with Gasteiger partial charge < -0.3 is 16.4 Å². The summed E-state index contributed by atoms with van der Waals surface area (Å²) in [4.78, 5) is 34.0. The first-order valence-electron chi connectivity index (χ1n) is 6.24. The van der Waals surface area contributed by atoms with Gasteiger partial charge in [0, 0.05) is 13.6 Å². The first-order valence-corrected chi connectivity index (χ1v) is 6.24. The van der Waals surface area contributed by atoms with Gasteiger partial charge in [0.2, 0.25) is 5.91 Å². The lowest BCUT2D eigenvalue weighted by Gasteiger charge is -2.22. The van der Waals surface area contributed by atoms with Gasteiger partial charge in [-0.15, -0.1) is 0 Å². The SMILES string of the molecule is CNC(=O)C(C)(C)CNC(=O)c1cccc(N)c1[N+](=O)[O-]. The number of nitro groups is 1. The van der Waals surface area contributed by atoms with Crippen molar-refractivity contribution in [3.05, 3.63) is 33.9 Å². The quantitative estimate of drug-likeness (QED) is 0.418. The average molecular weight is 294 g/mol. The molecule has 0 aliphatic carbocycles. The Morgan fingerprint density at radius 2 is 2.00 bits per heavy atom. The number of nitrogens with one attached hydrogen (secondary N) is 2. The van der Waals surface area contributed by atoms with E-state index >= 15 is 0 Å². The van der Waals surface area contributed by atoms with Gasteiger partial charge in [-0.3, -0.25) is 19.7 Å². The van der Waals surface area contributed by atoms with E-state index in [4.69, 9.17) is 5.73 Å². The fourth-order valence-electron chi connectivity index (χ4n) is 1.76. The van der Waals surface area contributed by atoms with E-state index in [1.165, 1.54) is 25.2 Å². The summed E-state index contributed by atoms with van der Waals surface area (Å²) in [6, 6.07) is 4.13. The normalized spacial score (nSPS) is 10.8. The van der Waals surface area contributed by atoms with Gasteiger partial charge in [0.15, 0.2) is 0 Å². The summed E-state index contributed by atoms with van der Waals surface area (Å²) in [7, 11) is 1.49. The van der Waals surface area contributed by atoms with E-state index in [2.05, 4.69) is 10.6 Å². The number of anilines is 1. The minimum atomic E-state index is -0.834. The fraction of sp³-hybridized carbons (Fsp3) is 0.385. The number of nitrogens with two attached hydrogens (primary N) is 1. The van der Waals surface area contributed by atoms with E-state index in [1.54, 1.807) is 13.8 Å². The van der Waals surface area contributed by atoms with Gasteiger partial charge in [0.25, 0.3) is 5.91 Å². The van der Waals surface area contributed by atoms with E-state index in [0.717, 1.165) is 0 Å². The summed E-state index contributed by atoms with van der Waals surface area (Å²) in [6.07, 6.45) is 0. The Morgan fingerprint density at radius 1 is 1.38 bits per heavy atom. The fourth-order valence-corrected chi connectivity index (χ4v) is 1.76. The molecule has 0 unspecified atom stereocenters. The topological polar surface area (TPSA) is 127 Å². The molecule has 1 rings (SSSR count). The Bertz CT molecular complexity index is 584. The number of para-hydroxylation sites is 1. The zero-order valence-electron chi connectivity index (χ0n) is 12.1. The summed E-state index contributed by atoms with van der Waals surface area (Å²) in [5.41, 5.74) is 4.04. The smallest absolute Gasteiger partial charge is 0.304 e. The molecule has 21 heavy (non-hydrogen) atoms. The molecule has 0 radical (unpaired) electrons. The highest BCUT2D eigenvalue weighted by Crippen LogP contribution is 2.26. The lowest BCUT2D eigenvalue weighted by atomic mass is 9.92. The Hall–Kier alpha value is -2.64. The Balaban J connectivity index is 2.94. The molecular weight excluding hydrogens is 276 g/mol. The summed E-state index contributed by atoms with van der Waals surface area (Å²) < 4.78 is 0. The molecule has 0 aliphatic heterocycles. The van der Waals surface area contributed by atoms with Gasteiger partial charge in [-0.05, 0) is 26.0 Å². The molecule has 2 amide bonds. The van der Waals surface area contributed by atoms with Crippen molar-refractivity contribution in [3.8, 4) is 0 Å². The standard InChI is InChI=1S/C13H18N4O4/c1-13(2,12(19)15-3)7-16-11(18)8-5-4-6-9(14)10(8)17(20)21/h4-6H,7,14H2,1-3H3,(H,15,19)(H,16,18). The number of carbonyl (C=O) groups is 2. The number of carbonyl (C=O) groups excluding carboxylic acids is 2. The molecular formula is C13H18N4O4. The highest BCUT2D eigenvalue weighted by Gasteiger charge is 2.29. The maximum atomic E-state index is 12.1. The Morgan fingerprint density at radius 3 is 2.52 bits per heavy atom. The van der Waals surface area contributed by atoms with Crippen LogP contribution in [0.3, 0.4) is 0 Å². The lowest BCUT2D eigenvalue weighted by Crippen LogP contribution is -2.43. The number of hydrogen-bond acceptors (Lipinski definition) is 5. The van der Waals surface area contributed by atoms with Crippen LogP contribution in [0.5, 0.6) is 0 Å². The van der Waals surface area contributed by atoms with Crippen molar-refractivity contribution in [2.45, 2.75) is 13.8 Å². The summed E-state index contributed by atoms with van der Waals surface area (Å²) >= 11 is 0. The van der Waals surface area contributed by atoms with Crippen LogP contribution >= 0.6 is 0 Å². The zero-order chi connectivity index (χ0) is 16.2. The van der Waals surface area contributed by atoms with E-state index in [0.29, 0.717) is 0 Å². The molecule has 0 bridgehead atoms. The van der Waals surface area contributed by atoms with Crippen LogP contribution in [-0.4, -0.2) is 30.3 Å². The van der Waals surface area contributed by atoms with E-state index in [9.17, 15) is 19.7 Å². The van der Waals surface area contributed by atoms with Crippen LogP contribution in [0, 0.1) is 15.5 Å².